The van der Waals surface area contributed by atoms with Crippen LogP contribution in [0.3, 0.4) is 0 Å². The van der Waals surface area contributed by atoms with E-state index in [-0.39, 0.29) is 21.5 Å². The molecular formula is C12H36O3Si3. The van der Waals surface area contributed by atoms with Crippen LogP contribution in [0.2, 0.25) is 51.9 Å². The van der Waals surface area contributed by atoms with Crippen LogP contribution in [0, 0.1) is 0 Å². The highest BCUT2D eigenvalue weighted by atomic mass is 28.5. The average molecular weight is 313 g/mol. The van der Waals surface area contributed by atoms with E-state index in [0.29, 0.717) is 0 Å². The molecule has 0 bridgehead atoms. The number of hydrogen-bond donors (Lipinski definition) is 1. The first-order valence-electron chi connectivity index (χ1n) is 5.99. The van der Waals surface area contributed by atoms with Crippen LogP contribution in [0.4, 0.5) is 0 Å². The molecule has 114 valence electrons. The van der Waals surface area contributed by atoms with Crippen LogP contribution in [0.5, 0.6) is 0 Å². The van der Waals surface area contributed by atoms with Crippen molar-refractivity contribution in [3.63, 3.8) is 0 Å². The zero-order valence-corrected chi connectivity index (χ0v) is 14.9. The largest absolute Gasteiger partial charge is 0.437 e. The van der Waals surface area contributed by atoms with Gasteiger partial charge in [-0.15, -0.1) is 0 Å². The quantitative estimate of drug-likeness (QED) is 0.707. The van der Waals surface area contributed by atoms with Gasteiger partial charge >= 0.3 is 8.56 Å². The Hall–Kier alpha value is 0.531. The summed E-state index contributed by atoms with van der Waals surface area (Å²) in [6.45, 7) is 15.6. The maximum atomic E-state index is 8.96. The van der Waals surface area contributed by atoms with Gasteiger partial charge in [0.15, 0.2) is 16.6 Å². The molecule has 0 saturated carbocycles. The minimum Gasteiger partial charge on any atom is -0.437 e. The zero-order chi connectivity index (χ0) is 13.0. The van der Waals surface area contributed by atoms with E-state index in [1.807, 2.05) is 0 Å². The summed E-state index contributed by atoms with van der Waals surface area (Å²) >= 11 is 0. The first-order chi connectivity index (χ1) is 6.97. The summed E-state index contributed by atoms with van der Waals surface area (Å²) in [6.07, 6.45) is 0.789. The van der Waals surface area contributed by atoms with Crippen LogP contribution in [0.25, 0.3) is 0 Å². The first-order valence-corrected chi connectivity index (χ1v) is 15.3. The lowest BCUT2D eigenvalue weighted by atomic mass is 10.5. The van der Waals surface area contributed by atoms with Gasteiger partial charge in [-0.05, 0) is 58.3 Å². The molecule has 0 fully saturated rings. The van der Waals surface area contributed by atoms with E-state index in [4.69, 9.17) is 13.3 Å². The smallest absolute Gasteiger partial charge is 0.314 e. The van der Waals surface area contributed by atoms with Gasteiger partial charge in [-0.3, -0.25) is 0 Å². The third-order valence-corrected chi connectivity index (χ3v) is 11.4. The summed E-state index contributed by atoms with van der Waals surface area (Å²) in [7, 11) is -5.21. The highest BCUT2D eigenvalue weighted by Crippen LogP contribution is 2.25. The summed E-state index contributed by atoms with van der Waals surface area (Å²) in [5, 5.41) is 8.96. The van der Waals surface area contributed by atoms with Gasteiger partial charge < -0.3 is 13.3 Å². The molecule has 0 aliphatic heterocycles. The van der Waals surface area contributed by atoms with Crippen LogP contribution in [0.1, 0.15) is 21.3 Å². The lowest BCUT2D eigenvalue weighted by Crippen LogP contribution is -2.52. The summed E-state index contributed by atoms with van der Waals surface area (Å²) in [4.78, 5) is 0. The molecule has 3 nitrogen and oxygen atoms in total. The van der Waals surface area contributed by atoms with Crippen molar-refractivity contribution < 1.29 is 13.3 Å². The van der Waals surface area contributed by atoms with Gasteiger partial charge in [0.1, 0.15) is 0 Å². The van der Waals surface area contributed by atoms with Gasteiger partial charge in [0, 0.05) is 6.61 Å². The Morgan fingerprint density at radius 1 is 0.778 bits per heavy atom. The van der Waals surface area contributed by atoms with Crippen molar-refractivity contribution in [2.75, 3.05) is 6.61 Å². The van der Waals surface area contributed by atoms with Gasteiger partial charge in [-0.1, -0.05) is 14.9 Å². The summed E-state index contributed by atoms with van der Waals surface area (Å²) in [5.41, 5.74) is 0. The first kappa shape index (κ1) is 23.6. The van der Waals surface area contributed by atoms with E-state index in [2.05, 4.69) is 45.8 Å². The highest BCUT2D eigenvalue weighted by Gasteiger charge is 2.39. The van der Waals surface area contributed by atoms with Gasteiger partial charge in [0.05, 0.1) is 0 Å². The second-order valence-electron chi connectivity index (χ2n) is 6.39. The van der Waals surface area contributed by atoms with E-state index in [0.717, 1.165) is 12.5 Å². The van der Waals surface area contributed by atoms with Crippen molar-refractivity contribution in [2.45, 2.75) is 73.1 Å². The maximum absolute atomic E-state index is 8.96. The van der Waals surface area contributed by atoms with Gasteiger partial charge in [0.2, 0.25) is 0 Å². The van der Waals surface area contributed by atoms with Crippen LogP contribution in [-0.4, -0.2) is 36.9 Å². The minimum atomic E-state index is -2.08. The Bertz CT molecular complexity index is 194. The van der Waals surface area contributed by atoms with Gasteiger partial charge in [0.25, 0.3) is 0 Å². The van der Waals surface area contributed by atoms with Crippen LogP contribution >= 0.6 is 0 Å². The van der Waals surface area contributed by atoms with E-state index < -0.39 is 25.2 Å². The molecule has 0 radical (unpaired) electrons. The molecule has 0 amide bonds. The summed E-state index contributed by atoms with van der Waals surface area (Å²) < 4.78 is 12.6. The zero-order valence-electron chi connectivity index (χ0n) is 11.9. The summed E-state index contributed by atoms with van der Waals surface area (Å²) in [5.74, 6) is 0. The Balaban J connectivity index is -0.00000112. The Morgan fingerprint density at radius 2 is 1.11 bits per heavy atom. The molecule has 0 unspecified atom stereocenters. The SMILES string of the molecule is C.C.C[Si](C)(C)O[Si](C)(CCCO)O[Si](C)(C)C. The molecule has 0 heterocycles. The molecule has 0 spiro atoms. The molecule has 0 aliphatic carbocycles. The molecule has 0 rings (SSSR count). The van der Waals surface area contributed by atoms with Crippen molar-refractivity contribution >= 4 is 25.2 Å². The third-order valence-electron chi connectivity index (χ3n) is 1.83. The van der Waals surface area contributed by atoms with E-state index in [1.54, 1.807) is 0 Å². The molecule has 0 atom stereocenters. The van der Waals surface area contributed by atoms with Gasteiger partial charge in [-0.2, -0.15) is 0 Å². The Morgan fingerprint density at radius 3 is 1.33 bits per heavy atom. The molecule has 0 saturated heterocycles. The lowest BCUT2D eigenvalue weighted by molar-refractivity contribution is 0.286. The number of aliphatic hydroxyl groups is 1. The highest BCUT2D eigenvalue weighted by molar-refractivity contribution is 6.87. The fourth-order valence-corrected chi connectivity index (χ4v) is 14.3. The van der Waals surface area contributed by atoms with Crippen LogP contribution in [0.15, 0.2) is 0 Å². The van der Waals surface area contributed by atoms with E-state index >= 15 is 0 Å². The predicted molar refractivity (Wildman–Crippen MR) is 90.5 cm³/mol. The molecule has 0 aromatic heterocycles. The molecule has 0 aliphatic rings. The van der Waals surface area contributed by atoms with Crippen molar-refractivity contribution in [1.82, 2.24) is 0 Å². The van der Waals surface area contributed by atoms with Crippen molar-refractivity contribution in [2.24, 2.45) is 0 Å². The molecule has 18 heavy (non-hydrogen) atoms. The second-order valence-corrected chi connectivity index (χ2v) is 19.2. The predicted octanol–water partition coefficient (Wildman–Crippen LogP) is 4.42. The van der Waals surface area contributed by atoms with E-state index in [1.165, 1.54) is 0 Å². The average Bonchev–Trinajstić information content (AvgIpc) is 1.93. The summed E-state index contributed by atoms with van der Waals surface area (Å²) in [6, 6.07) is 0.901. The third kappa shape index (κ3) is 13.0. The molecule has 6 heteroatoms. The van der Waals surface area contributed by atoms with Crippen LogP contribution in [-0.2, 0) is 8.23 Å². The minimum absolute atomic E-state index is 0. The molecule has 0 aromatic carbocycles. The number of hydrogen-bond acceptors (Lipinski definition) is 3. The van der Waals surface area contributed by atoms with Crippen LogP contribution < -0.4 is 0 Å². The topological polar surface area (TPSA) is 38.7 Å². The number of rotatable bonds is 7. The van der Waals surface area contributed by atoms with Crippen molar-refractivity contribution in [1.29, 1.82) is 0 Å². The fraction of sp³-hybridized carbons (Fsp3) is 1.00. The van der Waals surface area contributed by atoms with Crippen molar-refractivity contribution in [3.05, 3.63) is 0 Å². The van der Waals surface area contributed by atoms with E-state index in [9.17, 15) is 0 Å². The fourth-order valence-electron chi connectivity index (χ4n) is 1.82. The van der Waals surface area contributed by atoms with Gasteiger partial charge in [-0.25, -0.2) is 0 Å². The molecule has 0 aromatic rings. The Labute approximate surface area is 118 Å². The molecular weight excluding hydrogens is 276 g/mol. The number of aliphatic hydroxyl groups excluding tert-OH is 1. The standard InChI is InChI=1S/C10H28O3Si3.2CH4/c1-14(2,3)12-16(7,10-8-9-11)13-15(4,5)6;;/h11H,8-10H2,1-7H3;2*1H4. The normalized spacial score (nSPS) is 12.7. The molecule has 1 N–H and O–H groups in total. The maximum Gasteiger partial charge on any atom is 0.314 e. The monoisotopic (exact) mass is 312 g/mol. The second kappa shape index (κ2) is 8.65. The lowest BCUT2D eigenvalue weighted by Gasteiger charge is -2.38. The van der Waals surface area contributed by atoms with Crippen molar-refractivity contribution in [3.8, 4) is 0 Å². The Kier molecular flexibility index (Phi) is 11.3.